The molecule has 0 atom stereocenters. The minimum atomic E-state index is -0.250. The highest BCUT2D eigenvalue weighted by atomic mass is 16.3. The van der Waals surface area contributed by atoms with Crippen molar-refractivity contribution in [2.24, 2.45) is 0 Å². The third-order valence-electron chi connectivity index (χ3n) is 2.72. The number of nitrogens with zero attached hydrogens (tertiary/aromatic N) is 1. The summed E-state index contributed by atoms with van der Waals surface area (Å²) in [5, 5.41) is 6.89. The second-order valence-corrected chi connectivity index (χ2v) is 3.94. The van der Waals surface area contributed by atoms with E-state index < -0.39 is 0 Å². The van der Waals surface area contributed by atoms with Crippen molar-refractivity contribution in [2.75, 3.05) is 11.4 Å². The molecule has 0 radical (unpaired) electrons. The second-order valence-electron chi connectivity index (χ2n) is 3.94. The predicted octanol–water partition coefficient (Wildman–Crippen LogP) is 3.41. The molecule has 19 heavy (non-hydrogen) atoms. The maximum atomic E-state index is 8.36. The van der Waals surface area contributed by atoms with Crippen LogP contribution in [-0.2, 0) is 11.3 Å². The largest absolute Gasteiger partial charge is 0.483 e. The van der Waals surface area contributed by atoms with E-state index in [-0.39, 0.29) is 6.47 Å². The van der Waals surface area contributed by atoms with Gasteiger partial charge in [-0.25, -0.2) is 0 Å². The Bertz CT molecular complexity index is 457. The SMILES string of the molecule is CCN(Cc1ccccc1)c1ccccc1.O=CO. The van der Waals surface area contributed by atoms with Crippen molar-refractivity contribution in [3.63, 3.8) is 0 Å². The van der Waals surface area contributed by atoms with Gasteiger partial charge in [-0.15, -0.1) is 0 Å². The summed E-state index contributed by atoms with van der Waals surface area (Å²) in [4.78, 5) is 10.7. The van der Waals surface area contributed by atoms with Crippen LogP contribution >= 0.6 is 0 Å². The van der Waals surface area contributed by atoms with Crippen LogP contribution in [0.1, 0.15) is 12.5 Å². The van der Waals surface area contributed by atoms with E-state index in [9.17, 15) is 0 Å². The molecule has 2 rings (SSSR count). The Morgan fingerprint density at radius 3 is 1.95 bits per heavy atom. The average molecular weight is 257 g/mol. The molecule has 3 heteroatoms. The number of para-hydroxylation sites is 1. The quantitative estimate of drug-likeness (QED) is 0.853. The van der Waals surface area contributed by atoms with E-state index in [0.717, 1.165) is 13.1 Å². The van der Waals surface area contributed by atoms with Gasteiger partial charge in [0.1, 0.15) is 0 Å². The lowest BCUT2D eigenvalue weighted by molar-refractivity contribution is -0.122. The highest BCUT2D eigenvalue weighted by Gasteiger charge is 2.03. The van der Waals surface area contributed by atoms with Gasteiger partial charge in [-0.3, -0.25) is 4.79 Å². The summed E-state index contributed by atoms with van der Waals surface area (Å²) in [6.07, 6.45) is 0. The number of hydrogen-bond donors (Lipinski definition) is 1. The van der Waals surface area contributed by atoms with E-state index in [1.165, 1.54) is 11.3 Å². The van der Waals surface area contributed by atoms with Gasteiger partial charge in [-0.2, -0.15) is 0 Å². The fourth-order valence-corrected chi connectivity index (χ4v) is 1.83. The van der Waals surface area contributed by atoms with Crippen LogP contribution in [0, 0.1) is 0 Å². The van der Waals surface area contributed by atoms with Crippen molar-refractivity contribution in [2.45, 2.75) is 13.5 Å². The van der Waals surface area contributed by atoms with E-state index in [1.54, 1.807) is 0 Å². The van der Waals surface area contributed by atoms with Crippen molar-refractivity contribution in [3.8, 4) is 0 Å². The van der Waals surface area contributed by atoms with Crippen molar-refractivity contribution in [1.29, 1.82) is 0 Å². The Labute approximate surface area is 114 Å². The summed E-state index contributed by atoms with van der Waals surface area (Å²) in [6.45, 7) is 3.94. The average Bonchev–Trinajstić information content (AvgIpc) is 2.47. The Hall–Kier alpha value is -2.29. The van der Waals surface area contributed by atoms with Gasteiger partial charge in [-0.1, -0.05) is 48.5 Å². The zero-order chi connectivity index (χ0) is 13.9. The van der Waals surface area contributed by atoms with Gasteiger partial charge < -0.3 is 10.0 Å². The first-order chi connectivity index (χ1) is 9.31. The second kappa shape index (κ2) is 8.75. The molecule has 3 nitrogen and oxygen atoms in total. The van der Waals surface area contributed by atoms with E-state index in [1.807, 2.05) is 0 Å². The summed E-state index contributed by atoms with van der Waals surface area (Å²) >= 11 is 0. The van der Waals surface area contributed by atoms with Crippen molar-refractivity contribution >= 4 is 12.2 Å². The number of rotatable bonds is 4. The summed E-state index contributed by atoms with van der Waals surface area (Å²) in [5.41, 5.74) is 2.64. The maximum absolute atomic E-state index is 8.36. The van der Waals surface area contributed by atoms with Gasteiger partial charge in [0, 0.05) is 18.8 Å². The molecule has 0 aromatic heterocycles. The van der Waals surface area contributed by atoms with Crippen LogP contribution in [0.4, 0.5) is 5.69 Å². The third-order valence-corrected chi connectivity index (χ3v) is 2.72. The lowest BCUT2D eigenvalue weighted by Gasteiger charge is -2.23. The number of carboxylic acid groups (broad SMARTS) is 1. The molecule has 0 saturated carbocycles. The van der Waals surface area contributed by atoms with Gasteiger partial charge in [0.05, 0.1) is 0 Å². The van der Waals surface area contributed by atoms with Crippen molar-refractivity contribution < 1.29 is 9.90 Å². The minimum Gasteiger partial charge on any atom is -0.483 e. The predicted molar refractivity (Wildman–Crippen MR) is 78.3 cm³/mol. The topological polar surface area (TPSA) is 40.5 Å². The molecule has 100 valence electrons. The van der Waals surface area contributed by atoms with Gasteiger partial charge in [0.2, 0.25) is 0 Å². The van der Waals surface area contributed by atoms with Crippen LogP contribution < -0.4 is 4.90 Å². The monoisotopic (exact) mass is 257 g/mol. The van der Waals surface area contributed by atoms with Gasteiger partial charge in [0.15, 0.2) is 0 Å². The Morgan fingerprint density at radius 2 is 1.47 bits per heavy atom. The van der Waals surface area contributed by atoms with E-state index in [4.69, 9.17) is 9.90 Å². The maximum Gasteiger partial charge on any atom is 0.290 e. The highest BCUT2D eigenvalue weighted by Crippen LogP contribution is 2.15. The van der Waals surface area contributed by atoms with Crippen LogP contribution in [0.15, 0.2) is 60.7 Å². The molecular weight excluding hydrogens is 238 g/mol. The van der Waals surface area contributed by atoms with Crippen molar-refractivity contribution in [3.05, 3.63) is 66.2 Å². The minimum absolute atomic E-state index is 0.250. The number of benzene rings is 2. The first kappa shape index (κ1) is 14.8. The highest BCUT2D eigenvalue weighted by molar-refractivity contribution is 5.46. The molecule has 0 saturated heterocycles. The molecule has 0 aliphatic carbocycles. The molecule has 0 aliphatic heterocycles. The first-order valence-corrected chi connectivity index (χ1v) is 6.23. The van der Waals surface area contributed by atoms with Crippen LogP contribution in [0.3, 0.4) is 0 Å². The van der Waals surface area contributed by atoms with Crippen LogP contribution in [0.5, 0.6) is 0 Å². The van der Waals surface area contributed by atoms with Gasteiger partial charge in [-0.05, 0) is 24.6 Å². The molecule has 0 amide bonds. The third kappa shape index (κ3) is 5.25. The molecule has 1 N–H and O–H groups in total. The lowest BCUT2D eigenvalue weighted by atomic mass is 10.2. The van der Waals surface area contributed by atoms with E-state index in [0.29, 0.717) is 0 Å². The van der Waals surface area contributed by atoms with Crippen LogP contribution in [-0.4, -0.2) is 18.1 Å². The smallest absolute Gasteiger partial charge is 0.290 e. The molecule has 0 bridgehead atoms. The summed E-state index contributed by atoms with van der Waals surface area (Å²) < 4.78 is 0. The summed E-state index contributed by atoms with van der Waals surface area (Å²) in [7, 11) is 0. The number of anilines is 1. The molecule has 0 spiro atoms. The number of carbonyl (C=O) groups is 1. The Morgan fingerprint density at radius 1 is 1.00 bits per heavy atom. The normalized spacial score (nSPS) is 9.11. The van der Waals surface area contributed by atoms with E-state index >= 15 is 0 Å². The Balaban J connectivity index is 0.000000550. The first-order valence-electron chi connectivity index (χ1n) is 6.23. The lowest BCUT2D eigenvalue weighted by Crippen LogP contribution is -2.21. The van der Waals surface area contributed by atoms with Crippen LogP contribution in [0.2, 0.25) is 0 Å². The number of hydrogen-bond acceptors (Lipinski definition) is 2. The molecular formula is C16H19NO2. The van der Waals surface area contributed by atoms with Crippen molar-refractivity contribution in [1.82, 2.24) is 0 Å². The van der Waals surface area contributed by atoms with Gasteiger partial charge >= 0.3 is 0 Å². The Kier molecular flexibility index (Phi) is 6.80. The molecule has 0 heterocycles. The zero-order valence-electron chi connectivity index (χ0n) is 11.1. The zero-order valence-corrected chi connectivity index (χ0v) is 11.1. The molecule has 2 aromatic carbocycles. The standard InChI is InChI=1S/C15H17N.CH2O2/c1-2-16(15-11-7-4-8-12-15)13-14-9-5-3-6-10-14;2-1-3/h3-12H,2,13H2,1H3;1H,(H,2,3). The molecule has 0 fully saturated rings. The summed E-state index contributed by atoms with van der Waals surface area (Å²) in [5.74, 6) is 0. The van der Waals surface area contributed by atoms with Crippen LogP contribution in [0.25, 0.3) is 0 Å². The fourth-order valence-electron chi connectivity index (χ4n) is 1.83. The van der Waals surface area contributed by atoms with E-state index in [2.05, 4.69) is 72.5 Å². The molecule has 0 aliphatic rings. The fraction of sp³-hybridized carbons (Fsp3) is 0.188. The summed E-state index contributed by atoms with van der Waals surface area (Å²) in [6, 6.07) is 21.1. The molecule has 0 unspecified atom stereocenters. The van der Waals surface area contributed by atoms with Gasteiger partial charge in [0.25, 0.3) is 6.47 Å². The molecule has 2 aromatic rings.